The molecular formula is C20H18BrNO6S2. The van der Waals surface area contributed by atoms with Gasteiger partial charge in [-0.25, -0.2) is 8.42 Å². The van der Waals surface area contributed by atoms with Crippen molar-refractivity contribution in [2.24, 2.45) is 0 Å². The maximum atomic E-state index is 13.4. The number of hydrogen-bond acceptors (Lipinski definition) is 6. The quantitative estimate of drug-likeness (QED) is 0.395. The molecule has 0 amide bonds. The van der Waals surface area contributed by atoms with E-state index in [0.29, 0.717) is 10.8 Å². The number of rotatable bonds is 8. The Labute approximate surface area is 186 Å². The van der Waals surface area contributed by atoms with Crippen molar-refractivity contribution in [1.82, 2.24) is 0 Å². The molecule has 10 heteroatoms. The van der Waals surface area contributed by atoms with Gasteiger partial charge in [-0.3, -0.25) is 9.10 Å². The third-order valence-electron chi connectivity index (χ3n) is 4.28. The fourth-order valence-corrected chi connectivity index (χ4v) is 5.42. The van der Waals surface area contributed by atoms with Crippen LogP contribution in [0.15, 0.2) is 68.9 Å². The zero-order chi connectivity index (χ0) is 21.9. The van der Waals surface area contributed by atoms with Crippen LogP contribution in [0.3, 0.4) is 0 Å². The van der Waals surface area contributed by atoms with Crippen molar-refractivity contribution in [3.8, 4) is 5.75 Å². The first kappa shape index (κ1) is 22.4. The molecule has 3 aromatic rings. The summed E-state index contributed by atoms with van der Waals surface area (Å²) in [6.07, 6.45) is 0. The molecule has 0 heterocycles. The van der Waals surface area contributed by atoms with Crippen LogP contribution in [0.5, 0.6) is 5.75 Å². The highest BCUT2D eigenvalue weighted by Crippen LogP contribution is 2.42. The van der Waals surface area contributed by atoms with Crippen LogP contribution < -0.4 is 4.31 Å². The third kappa shape index (κ3) is 4.56. The number of carboxylic acid groups (broad SMARTS) is 1. The van der Waals surface area contributed by atoms with Crippen LogP contribution in [0.4, 0.5) is 5.69 Å². The van der Waals surface area contributed by atoms with Gasteiger partial charge in [0, 0.05) is 15.2 Å². The predicted molar refractivity (Wildman–Crippen MR) is 120 cm³/mol. The van der Waals surface area contributed by atoms with Crippen molar-refractivity contribution < 1.29 is 28.5 Å². The zero-order valence-electron chi connectivity index (χ0n) is 15.5. The second kappa shape index (κ2) is 9.25. The van der Waals surface area contributed by atoms with Crippen molar-refractivity contribution in [2.75, 3.05) is 23.2 Å². The van der Waals surface area contributed by atoms with E-state index < -0.39 is 22.6 Å². The maximum Gasteiger partial charge on any atom is 0.313 e. The Hall–Kier alpha value is -2.27. The van der Waals surface area contributed by atoms with E-state index in [1.165, 1.54) is 18.2 Å². The summed E-state index contributed by atoms with van der Waals surface area (Å²) in [4.78, 5) is 11.3. The molecule has 0 bridgehead atoms. The number of phenols is 1. The van der Waals surface area contributed by atoms with Crippen molar-refractivity contribution >= 4 is 60.1 Å². The number of halogens is 1. The molecule has 30 heavy (non-hydrogen) atoms. The van der Waals surface area contributed by atoms with Crippen LogP contribution in [-0.2, 0) is 14.8 Å². The smallest absolute Gasteiger partial charge is 0.313 e. The van der Waals surface area contributed by atoms with Gasteiger partial charge in [0.2, 0.25) is 0 Å². The van der Waals surface area contributed by atoms with Crippen LogP contribution in [-0.4, -0.2) is 48.6 Å². The van der Waals surface area contributed by atoms with Gasteiger partial charge < -0.3 is 15.3 Å². The van der Waals surface area contributed by atoms with Gasteiger partial charge >= 0.3 is 5.97 Å². The van der Waals surface area contributed by atoms with Gasteiger partial charge in [-0.1, -0.05) is 40.2 Å². The summed E-state index contributed by atoms with van der Waals surface area (Å²) in [6, 6.07) is 14.2. The van der Waals surface area contributed by atoms with Gasteiger partial charge in [0.05, 0.1) is 34.4 Å². The lowest BCUT2D eigenvalue weighted by Gasteiger charge is -2.26. The fraction of sp³-hybridized carbons (Fsp3) is 0.150. The molecule has 0 unspecified atom stereocenters. The molecule has 3 N–H and O–H groups in total. The number of aliphatic hydroxyl groups is 1. The number of thioether (sulfide) groups is 1. The number of aromatic hydroxyl groups is 1. The van der Waals surface area contributed by atoms with E-state index in [0.717, 1.165) is 20.5 Å². The Kier molecular flexibility index (Phi) is 6.91. The predicted octanol–water partition coefficient (Wildman–Crippen LogP) is 3.67. The van der Waals surface area contributed by atoms with Crippen molar-refractivity contribution in [3.05, 3.63) is 59.1 Å². The molecular weight excluding hydrogens is 494 g/mol. The molecule has 0 aliphatic carbocycles. The largest absolute Gasteiger partial charge is 0.506 e. The highest BCUT2D eigenvalue weighted by molar-refractivity contribution is 9.10. The normalized spacial score (nSPS) is 11.5. The Morgan fingerprint density at radius 1 is 1.07 bits per heavy atom. The van der Waals surface area contributed by atoms with E-state index in [-0.39, 0.29) is 33.5 Å². The molecule has 0 aliphatic rings. The van der Waals surface area contributed by atoms with Gasteiger partial charge in [-0.2, -0.15) is 0 Å². The minimum absolute atomic E-state index is 0.0380. The number of nitrogens with zero attached hydrogens (tertiary/aromatic N) is 1. The number of phenolic OH excluding ortho intramolecular Hbond substituents is 1. The second-order valence-electron chi connectivity index (χ2n) is 6.23. The minimum atomic E-state index is -4.04. The van der Waals surface area contributed by atoms with Crippen molar-refractivity contribution in [1.29, 1.82) is 0 Å². The van der Waals surface area contributed by atoms with Gasteiger partial charge in [0.15, 0.2) is 0 Å². The number of benzene rings is 3. The molecule has 3 rings (SSSR count). The van der Waals surface area contributed by atoms with Crippen LogP contribution in [0, 0.1) is 0 Å². The van der Waals surface area contributed by atoms with E-state index in [2.05, 4.69) is 15.9 Å². The summed E-state index contributed by atoms with van der Waals surface area (Å²) in [5.41, 5.74) is 0.244. The summed E-state index contributed by atoms with van der Waals surface area (Å²) < 4.78 is 28.5. The number of sulfonamides is 1. The van der Waals surface area contributed by atoms with E-state index in [1.807, 2.05) is 0 Å². The first-order valence-electron chi connectivity index (χ1n) is 8.74. The molecule has 158 valence electrons. The van der Waals surface area contributed by atoms with E-state index >= 15 is 0 Å². The van der Waals surface area contributed by atoms with E-state index in [4.69, 9.17) is 5.11 Å². The highest BCUT2D eigenvalue weighted by Gasteiger charge is 2.27. The van der Waals surface area contributed by atoms with Crippen LogP contribution in [0.1, 0.15) is 0 Å². The average Bonchev–Trinajstić information content (AvgIpc) is 2.72. The maximum absolute atomic E-state index is 13.4. The lowest BCUT2D eigenvalue weighted by Crippen LogP contribution is -2.33. The monoisotopic (exact) mass is 511 g/mol. The molecule has 0 aliphatic heterocycles. The minimum Gasteiger partial charge on any atom is -0.506 e. The van der Waals surface area contributed by atoms with Crippen LogP contribution in [0.25, 0.3) is 10.8 Å². The molecule has 0 fully saturated rings. The van der Waals surface area contributed by atoms with Gasteiger partial charge in [-0.05, 0) is 30.3 Å². The Morgan fingerprint density at radius 2 is 1.70 bits per heavy atom. The average molecular weight is 512 g/mol. The Bertz CT molecular complexity index is 1180. The van der Waals surface area contributed by atoms with Gasteiger partial charge in [0.25, 0.3) is 10.0 Å². The number of hydrogen-bond donors (Lipinski definition) is 3. The van der Waals surface area contributed by atoms with Crippen molar-refractivity contribution in [2.45, 2.75) is 9.79 Å². The second-order valence-corrected chi connectivity index (χ2v) is 10.0. The Balaban J connectivity index is 2.23. The number of aliphatic hydroxyl groups excluding tert-OH is 1. The molecule has 0 spiro atoms. The summed E-state index contributed by atoms with van der Waals surface area (Å²) in [5, 5.41) is 30.0. The number of fused-ring (bicyclic) bond motifs is 1. The van der Waals surface area contributed by atoms with Crippen LogP contribution in [0.2, 0.25) is 0 Å². The van der Waals surface area contributed by atoms with E-state index in [1.54, 1.807) is 36.4 Å². The highest BCUT2D eigenvalue weighted by atomic mass is 79.9. The molecule has 0 saturated heterocycles. The SMILES string of the molecule is O=C(O)CSc1cc(N(CCO)S(=O)(=O)c2ccc(Br)cc2)c2ccccc2c1O. The lowest BCUT2D eigenvalue weighted by atomic mass is 10.1. The van der Waals surface area contributed by atoms with E-state index in [9.17, 15) is 23.4 Å². The Morgan fingerprint density at radius 3 is 2.30 bits per heavy atom. The summed E-state index contributed by atoms with van der Waals surface area (Å²) >= 11 is 4.17. The fourth-order valence-electron chi connectivity index (χ4n) is 2.97. The summed E-state index contributed by atoms with van der Waals surface area (Å²) in [5.74, 6) is -1.49. The third-order valence-corrected chi connectivity index (χ3v) is 7.65. The first-order valence-corrected chi connectivity index (χ1v) is 12.0. The van der Waals surface area contributed by atoms with Crippen molar-refractivity contribution in [3.63, 3.8) is 0 Å². The first-order chi connectivity index (χ1) is 14.3. The molecule has 0 saturated carbocycles. The van der Waals surface area contributed by atoms with Gasteiger partial charge in [0.1, 0.15) is 5.75 Å². The lowest BCUT2D eigenvalue weighted by molar-refractivity contribution is -0.133. The molecule has 7 nitrogen and oxygen atoms in total. The summed E-state index contributed by atoms with van der Waals surface area (Å²) in [6.45, 7) is -0.640. The van der Waals surface area contributed by atoms with Gasteiger partial charge in [-0.15, -0.1) is 11.8 Å². The molecule has 0 radical (unpaired) electrons. The topological polar surface area (TPSA) is 115 Å². The molecule has 0 atom stereocenters. The number of aliphatic carboxylic acids is 1. The standard InChI is InChI=1S/C20H18BrNO6S2/c21-13-5-7-14(8-6-13)30(27,28)22(9-10-23)17-11-18(29-12-19(24)25)20(26)16-4-2-1-3-15(16)17/h1-8,11,23,26H,9-10,12H2,(H,24,25). The molecule has 3 aromatic carbocycles. The number of anilines is 1. The number of carboxylic acids is 1. The summed E-state index contributed by atoms with van der Waals surface area (Å²) in [7, 11) is -4.04. The molecule has 0 aromatic heterocycles. The zero-order valence-corrected chi connectivity index (χ0v) is 18.7. The number of carbonyl (C=O) groups is 1. The van der Waals surface area contributed by atoms with Crippen LogP contribution >= 0.6 is 27.7 Å².